The molecule has 0 heterocycles. The van der Waals surface area contributed by atoms with Gasteiger partial charge in [-0.2, -0.15) is 0 Å². The molecule has 0 aliphatic heterocycles. The summed E-state index contributed by atoms with van der Waals surface area (Å²) in [7, 11) is 5.27. The van der Waals surface area contributed by atoms with Crippen LogP contribution in [0.3, 0.4) is 0 Å². The molecule has 0 spiro atoms. The van der Waals surface area contributed by atoms with Gasteiger partial charge in [-0.25, -0.2) is 0 Å². The number of carbonyl (C=O) groups is 1. The lowest BCUT2D eigenvalue weighted by Gasteiger charge is -2.31. The number of amides is 1. The van der Waals surface area contributed by atoms with Gasteiger partial charge in [0, 0.05) is 51.4 Å². The van der Waals surface area contributed by atoms with Crippen LogP contribution < -0.4 is 16.0 Å². The van der Waals surface area contributed by atoms with Crippen LogP contribution in [0.25, 0.3) is 0 Å². The first kappa shape index (κ1) is 26.9. The molecule has 0 fully saturated rings. The van der Waals surface area contributed by atoms with Crippen LogP contribution in [0.1, 0.15) is 48.3 Å². The summed E-state index contributed by atoms with van der Waals surface area (Å²) in [5, 5.41) is 10.4. The Morgan fingerprint density at radius 3 is 2.19 bits per heavy atom. The van der Waals surface area contributed by atoms with Gasteiger partial charge >= 0.3 is 0 Å². The molecular formula is C24H36IN5O. The molecule has 2 aromatic rings. The van der Waals surface area contributed by atoms with E-state index in [-0.39, 0.29) is 41.5 Å². The average Bonchev–Trinajstić information content (AvgIpc) is 2.74. The fourth-order valence-electron chi connectivity index (χ4n) is 3.20. The molecule has 2 aromatic carbocycles. The number of hydrogen-bond acceptors (Lipinski definition) is 3. The topological polar surface area (TPSA) is 68.8 Å². The van der Waals surface area contributed by atoms with E-state index < -0.39 is 0 Å². The maximum absolute atomic E-state index is 12.0. The monoisotopic (exact) mass is 537 g/mol. The van der Waals surface area contributed by atoms with Gasteiger partial charge in [-0.05, 0) is 44.0 Å². The Morgan fingerprint density at radius 1 is 1.03 bits per heavy atom. The van der Waals surface area contributed by atoms with Gasteiger partial charge in [0.2, 0.25) is 0 Å². The number of guanidine groups is 1. The minimum absolute atomic E-state index is 0. The maximum atomic E-state index is 12.0. The van der Waals surface area contributed by atoms with E-state index in [2.05, 4.69) is 66.0 Å². The quantitative estimate of drug-likeness (QED) is 0.272. The van der Waals surface area contributed by atoms with Crippen molar-refractivity contribution in [3.8, 4) is 0 Å². The van der Waals surface area contributed by atoms with Gasteiger partial charge in [0.05, 0.1) is 0 Å². The molecule has 0 radical (unpaired) electrons. The Labute approximate surface area is 203 Å². The third-order valence-electron chi connectivity index (χ3n) is 4.90. The Hall–Kier alpha value is -2.13. The second-order valence-corrected chi connectivity index (χ2v) is 8.34. The van der Waals surface area contributed by atoms with Gasteiger partial charge in [0.15, 0.2) is 5.96 Å². The number of nitrogens with one attached hydrogen (secondary N) is 3. The Balaban J connectivity index is 0.00000480. The molecule has 3 N–H and O–H groups in total. The minimum atomic E-state index is -0.124. The Bertz CT molecular complexity index is 835. The molecular weight excluding hydrogens is 501 g/mol. The smallest absolute Gasteiger partial charge is 0.253 e. The summed E-state index contributed by atoms with van der Waals surface area (Å²) in [6, 6.07) is 18.3. The lowest BCUT2D eigenvalue weighted by Crippen LogP contribution is -2.52. The highest BCUT2D eigenvalue weighted by atomic mass is 127. The average molecular weight is 537 g/mol. The summed E-state index contributed by atoms with van der Waals surface area (Å²) in [4.78, 5) is 17.9. The van der Waals surface area contributed by atoms with E-state index >= 15 is 0 Å². The van der Waals surface area contributed by atoms with Crippen LogP contribution in [0.15, 0.2) is 59.6 Å². The minimum Gasteiger partial charge on any atom is -0.355 e. The van der Waals surface area contributed by atoms with Crippen LogP contribution in [0.4, 0.5) is 0 Å². The molecule has 0 saturated carbocycles. The first-order valence-corrected chi connectivity index (χ1v) is 10.3. The fraction of sp³-hybridized carbons (Fsp3) is 0.417. The molecule has 1 atom stereocenters. The molecule has 0 aliphatic carbocycles. The van der Waals surface area contributed by atoms with Crippen molar-refractivity contribution < 1.29 is 4.79 Å². The van der Waals surface area contributed by atoms with Crippen LogP contribution in [-0.2, 0) is 6.54 Å². The number of hydrogen-bond donors (Lipinski definition) is 3. The van der Waals surface area contributed by atoms with Crippen molar-refractivity contribution in [3.63, 3.8) is 0 Å². The van der Waals surface area contributed by atoms with Gasteiger partial charge in [-0.15, -0.1) is 24.0 Å². The van der Waals surface area contributed by atoms with Gasteiger partial charge in [-0.3, -0.25) is 9.79 Å². The summed E-state index contributed by atoms with van der Waals surface area (Å²) >= 11 is 0. The number of rotatable bonds is 8. The molecule has 31 heavy (non-hydrogen) atoms. The molecule has 1 unspecified atom stereocenters. The van der Waals surface area contributed by atoms with E-state index in [0.717, 1.165) is 18.1 Å². The number of nitrogens with zero attached hydrogens (tertiary/aromatic N) is 2. The van der Waals surface area contributed by atoms with Gasteiger partial charge in [0.25, 0.3) is 5.91 Å². The zero-order valence-corrected chi connectivity index (χ0v) is 21.7. The summed E-state index contributed by atoms with van der Waals surface area (Å²) in [5.41, 5.74) is 2.92. The van der Waals surface area contributed by atoms with Crippen LogP contribution in [0.5, 0.6) is 0 Å². The SMILES string of the molecule is CN=C(NCc1ccc(C(=O)N(C)C)cc1)NCC(C)(C)NC(C)c1ccccc1.I. The van der Waals surface area contributed by atoms with Gasteiger partial charge in [-0.1, -0.05) is 42.5 Å². The van der Waals surface area contributed by atoms with Crippen LogP contribution >= 0.6 is 24.0 Å². The predicted molar refractivity (Wildman–Crippen MR) is 140 cm³/mol. The normalized spacial score (nSPS) is 12.5. The van der Waals surface area contributed by atoms with E-state index in [9.17, 15) is 4.79 Å². The molecule has 0 saturated heterocycles. The number of aliphatic imine (C=N–C) groups is 1. The molecule has 1 amide bonds. The number of carbonyl (C=O) groups excluding carboxylic acids is 1. The van der Waals surface area contributed by atoms with Crippen molar-refractivity contribution in [1.82, 2.24) is 20.9 Å². The lowest BCUT2D eigenvalue weighted by atomic mass is 10.0. The third kappa shape index (κ3) is 8.86. The summed E-state index contributed by atoms with van der Waals surface area (Å²) < 4.78 is 0. The molecule has 170 valence electrons. The zero-order valence-electron chi connectivity index (χ0n) is 19.4. The van der Waals surface area contributed by atoms with Crippen molar-refractivity contribution in [1.29, 1.82) is 0 Å². The highest BCUT2D eigenvalue weighted by molar-refractivity contribution is 14.0. The first-order valence-electron chi connectivity index (χ1n) is 10.3. The number of benzene rings is 2. The predicted octanol–water partition coefficient (Wildman–Crippen LogP) is 3.80. The van der Waals surface area contributed by atoms with Gasteiger partial charge in [0.1, 0.15) is 0 Å². The van der Waals surface area contributed by atoms with Crippen LogP contribution in [-0.4, -0.2) is 50.0 Å². The first-order chi connectivity index (χ1) is 14.2. The molecule has 0 bridgehead atoms. The highest BCUT2D eigenvalue weighted by Gasteiger charge is 2.21. The standard InChI is InChI=1S/C24H35N5O.HI/c1-18(20-10-8-7-9-11-20)28-24(2,3)17-27-23(25-4)26-16-19-12-14-21(15-13-19)22(30)29(5)6;/h7-15,18,28H,16-17H2,1-6H3,(H2,25,26,27);1H. The van der Waals surface area contributed by atoms with Crippen LogP contribution in [0.2, 0.25) is 0 Å². The Kier molecular flexibility index (Phi) is 11.0. The van der Waals surface area contributed by atoms with Crippen molar-refractivity contribution in [2.45, 2.75) is 38.9 Å². The van der Waals surface area contributed by atoms with E-state index in [1.165, 1.54) is 5.56 Å². The fourth-order valence-corrected chi connectivity index (χ4v) is 3.20. The molecule has 0 aromatic heterocycles. The van der Waals surface area contributed by atoms with Crippen molar-refractivity contribution in [3.05, 3.63) is 71.3 Å². The third-order valence-corrected chi connectivity index (χ3v) is 4.90. The maximum Gasteiger partial charge on any atom is 0.253 e. The summed E-state index contributed by atoms with van der Waals surface area (Å²) in [6.07, 6.45) is 0. The largest absolute Gasteiger partial charge is 0.355 e. The molecule has 6 nitrogen and oxygen atoms in total. The summed E-state index contributed by atoms with van der Waals surface area (Å²) in [6.45, 7) is 7.87. The molecule has 0 aliphatic rings. The van der Waals surface area contributed by atoms with Crippen molar-refractivity contribution in [2.24, 2.45) is 4.99 Å². The van der Waals surface area contributed by atoms with E-state index in [1.807, 2.05) is 30.3 Å². The lowest BCUT2D eigenvalue weighted by molar-refractivity contribution is 0.0827. The van der Waals surface area contributed by atoms with E-state index in [4.69, 9.17) is 0 Å². The Morgan fingerprint density at radius 2 is 1.65 bits per heavy atom. The highest BCUT2D eigenvalue weighted by Crippen LogP contribution is 2.15. The molecule has 7 heteroatoms. The van der Waals surface area contributed by atoms with Crippen molar-refractivity contribution in [2.75, 3.05) is 27.7 Å². The van der Waals surface area contributed by atoms with Gasteiger partial charge < -0.3 is 20.9 Å². The van der Waals surface area contributed by atoms with E-state index in [1.54, 1.807) is 26.0 Å². The van der Waals surface area contributed by atoms with E-state index in [0.29, 0.717) is 12.1 Å². The van der Waals surface area contributed by atoms with Crippen molar-refractivity contribution >= 4 is 35.8 Å². The number of halogens is 1. The second-order valence-electron chi connectivity index (χ2n) is 8.34. The molecule has 2 rings (SSSR count). The summed E-state index contributed by atoms with van der Waals surface area (Å²) in [5.74, 6) is 0.747. The second kappa shape index (κ2) is 12.7. The van der Waals surface area contributed by atoms with Crippen LogP contribution in [0, 0.1) is 0 Å². The zero-order chi connectivity index (χ0) is 22.1.